The number of nitrogen functional groups attached to an aromatic ring is 1. The number of rotatable bonds is 7. The van der Waals surface area contributed by atoms with Crippen LogP contribution in [0.25, 0.3) is 0 Å². The lowest BCUT2D eigenvalue weighted by molar-refractivity contribution is -0.580. The van der Waals surface area contributed by atoms with Gasteiger partial charge in [0.2, 0.25) is 11.5 Å². The average molecular weight is 572 g/mol. The smallest absolute Gasteiger partial charge is 0.353 e. The maximum absolute atomic E-state index is 13.0. The van der Waals surface area contributed by atoms with E-state index in [1.54, 1.807) is 0 Å². The number of amidine groups is 1. The van der Waals surface area contributed by atoms with Gasteiger partial charge in [0.15, 0.2) is 5.13 Å². The lowest BCUT2D eigenvalue weighted by Crippen LogP contribution is -2.71. The summed E-state index contributed by atoms with van der Waals surface area (Å²) in [6, 6.07) is -0.910. The van der Waals surface area contributed by atoms with Crippen molar-refractivity contribution in [2.45, 2.75) is 16.7 Å². The SMILES string of the molecule is CO/N=C(\C(=O)N[C@@H]1C(=O)N2C(C(=O)O)=C(SC3C[N+](=C4SCCN4C)C3)CS[C@H]12)c1nsc(N)n1. The van der Waals surface area contributed by atoms with Crippen molar-refractivity contribution in [3.63, 3.8) is 0 Å². The zero-order chi connectivity index (χ0) is 25.6. The van der Waals surface area contributed by atoms with Crippen LogP contribution >= 0.6 is 46.8 Å². The summed E-state index contributed by atoms with van der Waals surface area (Å²) in [5, 5.41) is 17.4. The number of oxime groups is 1. The number of carbonyl (C=O) groups excluding carboxylic acids is 2. The largest absolute Gasteiger partial charge is 0.477 e. The molecule has 17 heteroatoms. The third-order valence-corrected chi connectivity index (χ3v) is 10.4. The van der Waals surface area contributed by atoms with Crippen LogP contribution in [0.2, 0.25) is 0 Å². The van der Waals surface area contributed by atoms with Crippen molar-refractivity contribution in [2.75, 3.05) is 51.0 Å². The Hall–Kier alpha value is -2.50. The number of aromatic nitrogens is 2. The maximum atomic E-state index is 13.0. The first-order valence-corrected chi connectivity index (χ1v) is 14.5. The third-order valence-electron chi connectivity index (χ3n) is 5.89. The number of carboxylic acid groups (broad SMARTS) is 1. The summed E-state index contributed by atoms with van der Waals surface area (Å²) in [5.41, 5.74) is 5.37. The van der Waals surface area contributed by atoms with Crippen LogP contribution in [0.4, 0.5) is 5.13 Å². The van der Waals surface area contributed by atoms with Crippen LogP contribution in [0.15, 0.2) is 15.8 Å². The summed E-state index contributed by atoms with van der Waals surface area (Å²) in [6.45, 7) is 2.71. The van der Waals surface area contributed by atoms with E-state index in [1.807, 2.05) is 11.8 Å². The molecule has 4 aliphatic rings. The summed E-state index contributed by atoms with van der Waals surface area (Å²) in [7, 11) is 3.35. The first-order valence-electron chi connectivity index (χ1n) is 10.8. The maximum Gasteiger partial charge on any atom is 0.353 e. The number of aliphatic carboxylic acids is 1. The topological polar surface area (TPSA) is 166 Å². The number of thioether (sulfide) groups is 3. The van der Waals surface area contributed by atoms with Crippen LogP contribution in [-0.4, -0.2) is 119 Å². The number of hydrogen-bond donors (Lipinski definition) is 3. The zero-order valence-electron chi connectivity index (χ0n) is 19.2. The van der Waals surface area contributed by atoms with Crippen LogP contribution in [0.3, 0.4) is 0 Å². The van der Waals surface area contributed by atoms with Gasteiger partial charge in [-0.3, -0.25) is 24.0 Å². The predicted octanol–water partition coefficient (Wildman–Crippen LogP) is -0.671. The second-order valence-electron chi connectivity index (χ2n) is 8.21. The second kappa shape index (κ2) is 10.1. The third kappa shape index (κ3) is 4.52. The van der Waals surface area contributed by atoms with Crippen molar-refractivity contribution in [2.24, 2.45) is 5.16 Å². The molecule has 0 radical (unpaired) electrons. The monoisotopic (exact) mass is 571 g/mol. The van der Waals surface area contributed by atoms with E-state index in [-0.39, 0.29) is 27.6 Å². The molecule has 2 atom stereocenters. The Morgan fingerprint density at radius 3 is 2.78 bits per heavy atom. The molecule has 13 nitrogen and oxygen atoms in total. The lowest BCUT2D eigenvalue weighted by atomic mass is 10.0. The molecule has 5 heterocycles. The van der Waals surface area contributed by atoms with E-state index in [9.17, 15) is 19.5 Å². The Bertz CT molecular complexity index is 1210. The van der Waals surface area contributed by atoms with Gasteiger partial charge in [-0.2, -0.15) is 9.36 Å². The molecule has 0 spiro atoms. The molecule has 0 aromatic carbocycles. The molecule has 5 rings (SSSR count). The molecule has 0 bridgehead atoms. The van der Waals surface area contributed by atoms with Crippen LogP contribution in [-0.2, 0) is 19.2 Å². The first kappa shape index (κ1) is 25.2. The Kier molecular flexibility index (Phi) is 7.06. The summed E-state index contributed by atoms with van der Waals surface area (Å²) in [6.07, 6.45) is 0. The fourth-order valence-corrected chi connectivity index (χ4v) is 8.68. The number of nitrogens with one attached hydrogen (secondary N) is 1. The standard InChI is InChI=1S/C19H22N8O5S4/c1-25-3-4-33-19(25)26-5-8(6-26)35-9-7-34-16-11(15(29)27(16)12(9)17(30)31)21-14(28)10(23-32-2)13-22-18(20)36-24-13/h8,11,16H,3-7H2,1-2H3,(H3-,20,21,22,24,28,30,31)/p+1/b23-10-/t11-,16-/m1/s1. The van der Waals surface area contributed by atoms with Crippen LogP contribution in [0, 0.1) is 0 Å². The molecule has 1 aromatic rings. The van der Waals surface area contributed by atoms with Crippen molar-refractivity contribution >= 4 is 80.6 Å². The average Bonchev–Trinajstić information content (AvgIpc) is 3.44. The minimum Gasteiger partial charge on any atom is -0.477 e. The molecule has 1 aromatic heterocycles. The van der Waals surface area contributed by atoms with Crippen molar-refractivity contribution < 1.29 is 28.9 Å². The first-order chi connectivity index (χ1) is 17.3. The molecule has 36 heavy (non-hydrogen) atoms. The molecule has 0 saturated carbocycles. The molecule has 0 aliphatic carbocycles. The van der Waals surface area contributed by atoms with E-state index >= 15 is 0 Å². The number of carboxylic acids is 1. The van der Waals surface area contributed by atoms with E-state index in [1.165, 1.54) is 40.7 Å². The van der Waals surface area contributed by atoms with Crippen molar-refractivity contribution in [3.05, 3.63) is 16.4 Å². The van der Waals surface area contributed by atoms with Gasteiger partial charge in [-0.15, -0.1) is 23.5 Å². The van der Waals surface area contributed by atoms with Crippen molar-refractivity contribution in [1.29, 1.82) is 0 Å². The Morgan fingerprint density at radius 2 is 2.17 bits per heavy atom. The number of nitrogens with two attached hydrogens (primary N) is 1. The van der Waals surface area contributed by atoms with Gasteiger partial charge < -0.3 is 21.0 Å². The minimum absolute atomic E-state index is 0.00237. The normalized spacial score (nSPS) is 26.0. The molecule has 192 valence electrons. The molecular weight excluding hydrogens is 549 g/mol. The fraction of sp³-hybridized carbons (Fsp3) is 0.526. The van der Waals surface area contributed by atoms with Crippen LogP contribution < -0.4 is 11.1 Å². The number of hydrogen-bond acceptors (Lipinski definition) is 12. The van der Waals surface area contributed by atoms with Crippen LogP contribution in [0.1, 0.15) is 5.82 Å². The quantitative estimate of drug-likeness (QED) is 0.164. The number of β-lactam (4-membered cyclic amide) rings is 1. The number of carbonyl (C=O) groups is 3. The molecular formula is C19H23N8O5S4+. The highest BCUT2D eigenvalue weighted by Crippen LogP contribution is 2.45. The van der Waals surface area contributed by atoms with Crippen molar-refractivity contribution in [1.82, 2.24) is 24.5 Å². The number of anilines is 1. The van der Waals surface area contributed by atoms with Gasteiger partial charge in [-0.05, 0) is 11.8 Å². The van der Waals surface area contributed by atoms with Gasteiger partial charge in [0, 0.05) is 27.9 Å². The van der Waals surface area contributed by atoms with E-state index in [2.05, 4.69) is 36.4 Å². The summed E-state index contributed by atoms with van der Waals surface area (Å²) in [5.74, 6) is -0.853. The van der Waals surface area contributed by atoms with Crippen LogP contribution in [0.5, 0.6) is 0 Å². The number of fused-ring (bicyclic) bond motifs is 1. The highest BCUT2D eigenvalue weighted by atomic mass is 32.2. The van der Waals surface area contributed by atoms with Gasteiger partial charge in [-0.1, -0.05) is 5.16 Å². The molecule has 3 fully saturated rings. The van der Waals surface area contributed by atoms with Gasteiger partial charge in [-0.25, -0.2) is 4.79 Å². The minimum atomic E-state index is -1.15. The lowest BCUT2D eigenvalue weighted by Gasteiger charge is -2.49. The molecule has 2 amide bonds. The van der Waals surface area contributed by atoms with Gasteiger partial charge in [0.1, 0.15) is 37.3 Å². The van der Waals surface area contributed by atoms with Gasteiger partial charge in [0.05, 0.1) is 18.8 Å². The fourth-order valence-electron chi connectivity index (χ4n) is 4.18. The zero-order valence-corrected chi connectivity index (χ0v) is 22.5. The number of amides is 2. The predicted molar refractivity (Wildman–Crippen MR) is 139 cm³/mol. The molecule has 4 N–H and O–H groups in total. The highest BCUT2D eigenvalue weighted by molar-refractivity contribution is 8.13. The molecule has 0 unspecified atom stereocenters. The molecule has 3 saturated heterocycles. The van der Waals surface area contributed by atoms with Crippen molar-refractivity contribution in [3.8, 4) is 0 Å². The van der Waals surface area contributed by atoms with Gasteiger partial charge >= 0.3 is 11.1 Å². The second-order valence-corrected chi connectivity index (χ2v) is 12.6. The Morgan fingerprint density at radius 1 is 1.39 bits per heavy atom. The Labute approximate surface area is 222 Å². The highest BCUT2D eigenvalue weighted by Gasteiger charge is 2.55. The van der Waals surface area contributed by atoms with E-state index < -0.39 is 29.2 Å². The van der Waals surface area contributed by atoms with E-state index in [0.717, 1.165) is 36.9 Å². The summed E-state index contributed by atoms with van der Waals surface area (Å²) in [4.78, 5) is 50.8. The number of nitrogens with zero attached hydrogens (tertiary/aromatic N) is 6. The van der Waals surface area contributed by atoms with Gasteiger partial charge in [0.25, 0.3) is 11.8 Å². The Balaban J connectivity index is 1.27. The van der Waals surface area contributed by atoms with E-state index in [0.29, 0.717) is 10.7 Å². The summed E-state index contributed by atoms with van der Waals surface area (Å²) >= 11 is 5.68. The van der Waals surface area contributed by atoms with E-state index in [4.69, 9.17) is 10.6 Å². The molecule has 4 aliphatic heterocycles. The summed E-state index contributed by atoms with van der Waals surface area (Å²) < 4.78 is 6.27.